The van der Waals surface area contributed by atoms with E-state index in [1.807, 2.05) is 0 Å². The van der Waals surface area contributed by atoms with Gasteiger partial charge >= 0.3 is 5.97 Å². The number of benzene rings is 2. The summed E-state index contributed by atoms with van der Waals surface area (Å²) < 4.78 is 49.0. The number of rotatable bonds is 6. The molecule has 182 valence electrons. The first-order valence-electron chi connectivity index (χ1n) is 12.4. The van der Waals surface area contributed by atoms with E-state index in [-0.39, 0.29) is 22.8 Å². The number of ether oxygens (including phenoxy) is 1. The summed E-state index contributed by atoms with van der Waals surface area (Å²) in [5, 5.41) is 0. The van der Waals surface area contributed by atoms with Crippen molar-refractivity contribution in [3.05, 3.63) is 76.6 Å². The summed E-state index contributed by atoms with van der Waals surface area (Å²) in [5.41, 5.74) is 0.291. The van der Waals surface area contributed by atoms with Crippen molar-refractivity contribution in [2.45, 2.75) is 71.1 Å². The van der Waals surface area contributed by atoms with Crippen LogP contribution in [-0.2, 0) is 0 Å². The molecule has 0 heterocycles. The molecule has 4 atom stereocenters. The SMILES string of the molecule is C/C=C/CCC1CCC2CC(c3c(F)cc(C(=O)Oc4ccc(C)c(F)c4)cc3F)CCC2C1. The van der Waals surface area contributed by atoms with E-state index in [9.17, 15) is 9.18 Å². The zero-order chi connectivity index (χ0) is 24.2. The molecule has 0 bridgehead atoms. The average Bonchev–Trinajstić information content (AvgIpc) is 2.81. The van der Waals surface area contributed by atoms with Crippen LogP contribution in [0.4, 0.5) is 13.2 Å². The van der Waals surface area contributed by atoms with E-state index in [1.54, 1.807) is 6.92 Å². The van der Waals surface area contributed by atoms with Crippen LogP contribution in [0.2, 0.25) is 0 Å². The van der Waals surface area contributed by atoms with Gasteiger partial charge in [0.2, 0.25) is 0 Å². The Labute approximate surface area is 200 Å². The van der Waals surface area contributed by atoms with Gasteiger partial charge in [-0.3, -0.25) is 0 Å². The van der Waals surface area contributed by atoms with Crippen LogP contribution < -0.4 is 4.74 Å². The van der Waals surface area contributed by atoms with Crippen molar-refractivity contribution in [1.29, 1.82) is 0 Å². The summed E-state index contributed by atoms with van der Waals surface area (Å²) in [4.78, 5) is 12.4. The Kier molecular flexibility index (Phi) is 7.80. The molecule has 0 aliphatic heterocycles. The van der Waals surface area contributed by atoms with Gasteiger partial charge in [0.15, 0.2) is 0 Å². The molecule has 0 radical (unpaired) electrons. The van der Waals surface area contributed by atoms with Crippen molar-refractivity contribution < 1.29 is 22.7 Å². The Bertz CT molecular complexity index is 1040. The molecule has 34 heavy (non-hydrogen) atoms. The number of carbonyl (C=O) groups is 1. The lowest BCUT2D eigenvalue weighted by Gasteiger charge is -2.42. The van der Waals surface area contributed by atoms with E-state index < -0.39 is 23.4 Å². The topological polar surface area (TPSA) is 26.3 Å². The molecule has 4 rings (SSSR count). The molecule has 5 heteroatoms. The van der Waals surface area contributed by atoms with Crippen molar-refractivity contribution in [2.24, 2.45) is 17.8 Å². The van der Waals surface area contributed by atoms with Gasteiger partial charge < -0.3 is 4.74 Å². The van der Waals surface area contributed by atoms with Gasteiger partial charge in [-0.2, -0.15) is 0 Å². The third kappa shape index (κ3) is 5.56. The van der Waals surface area contributed by atoms with Gasteiger partial charge in [-0.05, 0) is 106 Å². The molecule has 0 aromatic heterocycles. The second-order valence-electron chi connectivity index (χ2n) is 10.0. The number of fused-ring (bicyclic) bond motifs is 1. The first-order valence-corrected chi connectivity index (χ1v) is 12.4. The van der Waals surface area contributed by atoms with Gasteiger partial charge in [0.1, 0.15) is 23.2 Å². The molecule has 0 saturated heterocycles. The summed E-state index contributed by atoms with van der Waals surface area (Å²) in [6, 6.07) is 6.12. The number of halogens is 3. The van der Waals surface area contributed by atoms with Gasteiger partial charge in [0.25, 0.3) is 0 Å². The molecule has 0 spiro atoms. The van der Waals surface area contributed by atoms with E-state index in [1.165, 1.54) is 31.4 Å². The smallest absolute Gasteiger partial charge is 0.343 e. The highest BCUT2D eigenvalue weighted by Crippen LogP contribution is 2.49. The minimum absolute atomic E-state index is 0.00219. The Morgan fingerprint density at radius 1 is 0.971 bits per heavy atom. The van der Waals surface area contributed by atoms with Crippen LogP contribution in [0, 0.1) is 42.1 Å². The van der Waals surface area contributed by atoms with E-state index in [0.717, 1.165) is 56.2 Å². The highest BCUT2D eigenvalue weighted by Gasteiger charge is 2.37. The zero-order valence-electron chi connectivity index (χ0n) is 20.0. The quantitative estimate of drug-likeness (QED) is 0.241. The van der Waals surface area contributed by atoms with Crippen LogP contribution in [0.5, 0.6) is 5.75 Å². The Balaban J connectivity index is 1.41. The molecule has 2 aromatic carbocycles. The maximum Gasteiger partial charge on any atom is 0.343 e. The molecular weight excluding hydrogens is 437 g/mol. The van der Waals surface area contributed by atoms with Crippen LogP contribution in [0.25, 0.3) is 0 Å². The predicted octanol–water partition coefficient (Wildman–Crippen LogP) is 8.29. The standard InChI is InChI=1S/C29H33F3O2/c1-3-4-5-6-19-8-9-21-14-22(11-10-20(21)13-19)28-26(31)15-23(16-27(28)32)29(33)34-24-12-7-18(2)25(30)17-24/h3-4,7,12,15-17,19-22H,5-6,8-11,13-14H2,1-2H3/b4-3+. The normalized spacial score (nSPS) is 24.7. The van der Waals surface area contributed by atoms with Gasteiger partial charge in [-0.15, -0.1) is 0 Å². The number of esters is 1. The minimum Gasteiger partial charge on any atom is -0.423 e. The lowest BCUT2D eigenvalue weighted by molar-refractivity contribution is 0.0733. The maximum atomic E-state index is 15.1. The highest BCUT2D eigenvalue weighted by atomic mass is 19.1. The first kappa shape index (κ1) is 24.6. The fourth-order valence-electron chi connectivity index (χ4n) is 5.90. The fraction of sp³-hybridized carbons (Fsp3) is 0.483. The minimum atomic E-state index is -0.910. The van der Waals surface area contributed by atoms with E-state index in [2.05, 4.69) is 19.1 Å². The second-order valence-corrected chi connectivity index (χ2v) is 10.0. The van der Waals surface area contributed by atoms with E-state index in [0.29, 0.717) is 17.4 Å². The predicted molar refractivity (Wildman–Crippen MR) is 127 cm³/mol. The van der Waals surface area contributed by atoms with Crippen LogP contribution in [0.1, 0.15) is 85.7 Å². The Morgan fingerprint density at radius 2 is 1.68 bits per heavy atom. The van der Waals surface area contributed by atoms with Crippen LogP contribution in [-0.4, -0.2) is 5.97 Å². The van der Waals surface area contributed by atoms with Crippen molar-refractivity contribution >= 4 is 5.97 Å². The van der Waals surface area contributed by atoms with E-state index >= 15 is 8.78 Å². The van der Waals surface area contributed by atoms with Crippen LogP contribution in [0.3, 0.4) is 0 Å². The monoisotopic (exact) mass is 470 g/mol. The zero-order valence-corrected chi connectivity index (χ0v) is 20.0. The summed E-state index contributed by atoms with van der Waals surface area (Å²) in [7, 11) is 0. The largest absolute Gasteiger partial charge is 0.423 e. The van der Waals surface area contributed by atoms with Crippen LogP contribution in [0.15, 0.2) is 42.5 Å². The average molecular weight is 471 g/mol. The summed E-state index contributed by atoms with van der Waals surface area (Å²) in [6.07, 6.45) is 12.8. The van der Waals surface area contributed by atoms with Crippen molar-refractivity contribution in [3.63, 3.8) is 0 Å². The molecule has 0 amide bonds. The van der Waals surface area contributed by atoms with Gasteiger partial charge in [0.05, 0.1) is 5.56 Å². The molecule has 2 aliphatic rings. The summed E-state index contributed by atoms with van der Waals surface area (Å²) in [6.45, 7) is 3.64. The molecule has 2 fully saturated rings. The molecule has 4 unspecified atom stereocenters. The number of hydrogen-bond donors (Lipinski definition) is 0. The lowest BCUT2D eigenvalue weighted by atomic mass is 9.63. The summed E-state index contributed by atoms with van der Waals surface area (Å²) in [5.74, 6) is -1.08. The number of allylic oxidation sites excluding steroid dienone is 2. The Hall–Kier alpha value is -2.56. The summed E-state index contributed by atoms with van der Waals surface area (Å²) >= 11 is 0. The first-order chi connectivity index (χ1) is 16.4. The third-order valence-electron chi connectivity index (χ3n) is 7.78. The van der Waals surface area contributed by atoms with Crippen LogP contribution >= 0.6 is 0 Å². The van der Waals surface area contributed by atoms with Gasteiger partial charge in [-0.25, -0.2) is 18.0 Å². The molecular formula is C29H33F3O2. The third-order valence-corrected chi connectivity index (χ3v) is 7.78. The molecule has 2 nitrogen and oxygen atoms in total. The van der Waals surface area contributed by atoms with Gasteiger partial charge in [-0.1, -0.05) is 24.6 Å². The van der Waals surface area contributed by atoms with Crippen molar-refractivity contribution in [3.8, 4) is 5.75 Å². The fourth-order valence-corrected chi connectivity index (χ4v) is 5.90. The Morgan fingerprint density at radius 3 is 2.38 bits per heavy atom. The number of hydrogen-bond acceptors (Lipinski definition) is 2. The molecule has 2 aromatic rings. The maximum absolute atomic E-state index is 15.1. The van der Waals surface area contributed by atoms with Gasteiger partial charge in [0, 0.05) is 11.6 Å². The number of aryl methyl sites for hydroxylation is 1. The molecule has 2 aliphatic carbocycles. The number of carbonyl (C=O) groups excluding carboxylic acids is 1. The second kappa shape index (κ2) is 10.8. The molecule has 0 N–H and O–H groups in total. The van der Waals surface area contributed by atoms with Crippen molar-refractivity contribution in [2.75, 3.05) is 0 Å². The van der Waals surface area contributed by atoms with E-state index in [4.69, 9.17) is 4.74 Å². The lowest BCUT2D eigenvalue weighted by Crippen LogP contribution is -2.31. The van der Waals surface area contributed by atoms with Crippen molar-refractivity contribution in [1.82, 2.24) is 0 Å². The highest BCUT2D eigenvalue weighted by molar-refractivity contribution is 5.91. The molecule has 2 saturated carbocycles.